The summed E-state index contributed by atoms with van der Waals surface area (Å²) in [6.07, 6.45) is 0. The van der Waals surface area contributed by atoms with Crippen molar-refractivity contribution >= 4 is 11.6 Å². The number of amides is 1. The quantitative estimate of drug-likeness (QED) is 0.319. The molecule has 4 rings (SSSR count). The lowest BCUT2D eigenvalue weighted by molar-refractivity contribution is -0.386. The van der Waals surface area contributed by atoms with Crippen molar-refractivity contribution < 1.29 is 19.0 Å². The molecule has 168 valence electrons. The number of primary amides is 1. The fourth-order valence-corrected chi connectivity index (χ4v) is 3.34. The number of carbonyl (C=O) groups is 1. The monoisotopic (exact) mass is 448 g/mol. The first-order valence-electron chi connectivity index (χ1n) is 9.95. The van der Waals surface area contributed by atoms with Gasteiger partial charge in [0.2, 0.25) is 5.82 Å². The molecule has 4 aromatic rings. The van der Waals surface area contributed by atoms with E-state index in [1.54, 1.807) is 42.8 Å². The van der Waals surface area contributed by atoms with Crippen molar-refractivity contribution in [3.8, 4) is 28.6 Å². The second kappa shape index (κ2) is 8.91. The highest BCUT2D eigenvalue weighted by atomic mass is 16.6. The third-order valence-electron chi connectivity index (χ3n) is 4.98. The Hall–Kier alpha value is -4.54. The molecular weight excluding hydrogens is 428 g/mol. The average molecular weight is 448 g/mol. The zero-order valence-electron chi connectivity index (χ0n) is 17.9. The van der Waals surface area contributed by atoms with Crippen LogP contribution >= 0.6 is 0 Å². The first-order valence-corrected chi connectivity index (χ1v) is 9.95. The van der Waals surface area contributed by atoms with Crippen molar-refractivity contribution in [2.45, 2.75) is 20.4 Å². The summed E-state index contributed by atoms with van der Waals surface area (Å²) in [4.78, 5) is 26.0. The van der Waals surface area contributed by atoms with E-state index >= 15 is 0 Å². The molecule has 0 aliphatic carbocycles. The van der Waals surface area contributed by atoms with Crippen LogP contribution in [0.4, 0.5) is 5.69 Å². The van der Waals surface area contributed by atoms with Gasteiger partial charge in [-0.3, -0.25) is 19.6 Å². The van der Waals surface area contributed by atoms with Crippen LogP contribution in [0.25, 0.3) is 22.8 Å². The van der Waals surface area contributed by atoms with Gasteiger partial charge < -0.3 is 15.0 Å². The fraction of sp³-hybridized carbons (Fsp3) is 0.182. The lowest BCUT2D eigenvalue weighted by Crippen LogP contribution is -2.19. The average Bonchev–Trinajstić information content (AvgIpc) is 3.38. The summed E-state index contributed by atoms with van der Waals surface area (Å²) in [6.45, 7) is 3.51. The Morgan fingerprint density at radius 1 is 1.12 bits per heavy atom. The SMILES string of the molecule is Cc1nn(Cc2ccc(-c3nc(-c4ccc(OCC(N)=O)cc4)no3)cc2)c(C)c1[N+](=O)[O-]. The standard InChI is InChI=1S/C22H20N6O5/c1-13-20(28(30)31)14(2)27(25-13)11-15-3-5-17(6-4-15)22-24-21(26-33-22)16-7-9-18(10-8-16)32-12-19(23)29/h3-10H,11-12H2,1-2H3,(H2,23,29). The van der Waals surface area contributed by atoms with Crippen LogP contribution in [0, 0.1) is 24.0 Å². The Bertz CT molecular complexity index is 1310. The molecule has 33 heavy (non-hydrogen) atoms. The predicted octanol–water partition coefficient (Wildman–Crippen LogP) is 3.04. The Labute approximate surface area is 187 Å². The van der Waals surface area contributed by atoms with Crippen molar-refractivity contribution in [2.24, 2.45) is 5.73 Å². The zero-order chi connectivity index (χ0) is 23.5. The van der Waals surface area contributed by atoms with Crippen LogP contribution in [0.15, 0.2) is 53.1 Å². The van der Waals surface area contributed by atoms with Gasteiger partial charge in [0.05, 0.1) is 11.5 Å². The smallest absolute Gasteiger partial charge is 0.312 e. The Kier molecular flexibility index (Phi) is 5.85. The number of hydrogen-bond donors (Lipinski definition) is 1. The van der Waals surface area contributed by atoms with E-state index in [9.17, 15) is 14.9 Å². The molecule has 0 saturated carbocycles. The maximum atomic E-state index is 11.2. The van der Waals surface area contributed by atoms with Crippen molar-refractivity contribution in [1.29, 1.82) is 0 Å². The van der Waals surface area contributed by atoms with E-state index in [0.717, 1.165) is 16.7 Å². The first-order chi connectivity index (χ1) is 15.8. The van der Waals surface area contributed by atoms with E-state index in [4.69, 9.17) is 15.0 Å². The van der Waals surface area contributed by atoms with Gasteiger partial charge in [-0.1, -0.05) is 17.3 Å². The van der Waals surface area contributed by atoms with Gasteiger partial charge in [0.15, 0.2) is 6.61 Å². The van der Waals surface area contributed by atoms with Crippen LogP contribution in [-0.2, 0) is 11.3 Å². The molecule has 0 aliphatic heterocycles. The number of carbonyl (C=O) groups excluding carboxylic acids is 1. The summed E-state index contributed by atoms with van der Waals surface area (Å²) >= 11 is 0. The molecule has 2 N–H and O–H groups in total. The maximum Gasteiger partial charge on any atom is 0.312 e. The number of aryl methyl sites for hydroxylation is 1. The normalized spacial score (nSPS) is 10.8. The molecule has 2 aromatic carbocycles. The molecule has 2 aromatic heterocycles. The van der Waals surface area contributed by atoms with Gasteiger partial charge in [-0.2, -0.15) is 10.1 Å². The third-order valence-corrected chi connectivity index (χ3v) is 4.98. The molecule has 0 fully saturated rings. The van der Waals surface area contributed by atoms with E-state index in [0.29, 0.717) is 35.4 Å². The molecule has 0 saturated heterocycles. The Morgan fingerprint density at radius 3 is 2.39 bits per heavy atom. The van der Waals surface area contributed by atoms with Crippen LogP contribution in [0.1, 0.15) is 17.0 Å². The van der Waals surface area contributed by atoms with Gasteiger partial charge in [0, 0.05) is 11.1 Å². The molecule has 1 amide bonds. The Balaban J connectivity index is 1.47. The number of nitrogens with zero attached hydrogens (tertiary/aromatic N) is 5. The highest BCUT2D eigenvalue weighted by Gasteiger charge is 2.21. The van der Waals surface area contributed by atoms with Crippen LogP contribution < -0.4 is 10.5 Å². The fourth-order valence-electron chi connectivity index (χ4n) is 3.34. The number of benzene rings is 2. The summed E-state index contributed by atoms with van der Waals surface area (Å²) in [5, 5.41) is 19.5. The van der Waals surface area contributed by atoms with Crippen molar-refractivity contribution in [1.82, 2.24) is 19.9 Å². The molecule has 2 heterocycles. The molecule has 0 spiro atoms. The minimum absolute atomic E-state index is 0.0393. The number of aromatic nitrogens is 4. The molecule has 11 heteroatoms. The van der Waals surface area contributed by atoms with Crippen LogP contribution in [0.2, 0.25) is 0 Å². The van der Waals surface area contributed by atoms with Crippen molar-refractivity contribution in [3.63, 3.8) is 0 Å². The number of nitrogens with two attached hydrogens (primary N) is 1. The summed E-state index contributed by atoms with van der Waals surface area (Å²) < 4.78 is 12.2. The minimum Gasteiger partial charge on any atom is -0.484 e. The predicted molar refractivity (Wildman–Crippen MR) is 117 cm³/mol. The molecule has 0 atom stereocenters. The second-order valence-electron chi connectivity index (χ2n) is 7.33. The summed E-state index contributed by atoms with van der Waals surface area (Å²) in [6, 6.07) is 14.3. The number of nitro groups is 1. The summed E-state index contributed by atoms with van der Waals surface area (Å²) in [5.74, 6) is 0.715. The van der Waals surface area contributed by atoms with Crippen LogP contribution in [-0.4, -0.2) is 37.4 Å². The highest BCUT2D eigenvalue weighted by Crippen LogP contribution is 2.25. The maximum absolute atomic E-state index is 11.2. The van der Waals surface area contributed by atoms with Crippen LogP contribution in [0.3, 0.4) is 0 Å². The molecule has 11 nitrogen and oxygen atoms in total. The number of rotatable bonds is 8. The molecule has 0 aliphatic rings. The first kappa shape index (κ1) is 21.7. The minimum atomic E-state index is -0.552. The largest absolute Gasteiger partial charge is 0.484 e. The van der Waals surface area contributed by atoms with E-state index in [1.165, 1.54) is 0 Å². The van der Waals surface area contributed by atoms with Gasteiger partial charge >= 0.3 is 5.69 Å². The molecule has 0 bridgehead atoms. The van der Waals surface area contributed by atoms with E-state index in [2.05, 4.69) is 15.2 Å². The number of ether oxygens (including phenoxy) is 1. The second-order valence-corrected chi connectivity index (χ2v) is 7.33. The molecule has 0 radical (unpaired) electrons. The summed E-state index contributed by atoms with van der Waals surface area (Å²) in [5.41, 5.74) is 8.38. The van der Waals surface area contributed by atoms with Crippen molar-refractivity contribution in [2.75, 3.05) is 6.61 Å². The highest BCUT2D eigenvalue weighted by molar-refractivity contribution is 5.75. The zero-order valence-corrected chi connectivity index (χ0v) is 17.9. The van der Waals surface area contributed by atoms with Gasteiger partial charge in [0.25, 0.3) is 11.8 Å². The van der Waals surface area contributed by atoms with Gasteiger partial charge in [-0.05, 0) is 55.8 Å². The van der Waals surface area contributed by atoms with E-state index < -0.39 is 10.8 Å². The Morgan fingerprint density at radius 2 is 1.79 bits per heavy atom. The molecule has 0 unspecified atom stereocenters. The third kappa shape index (κ3) is 4.71. The van der Waals surface area contributed by atoms with E-state index in [1.807, 2.05) is 24.3 Å². The van der Waals surface area contributed by atoms with E-state index in [-0.39, 0.29) is 12.3 Å². The lowest BCUT2D eigenvalue weighted by Gasteiger charge is -2.04. The molecular formula is C22H20N6O5. The summed E-state index contributed by atoms with van der Waals surface area (Å²) in [7, 11) is 0. The van der Waals surface area contributed by atoms with Gasteiger partial charge in [0.1, 0.15) is 17.1 Å². The number of hydrogen-bond acceptors (Lipinski definition) is 8. The topological polar surface area (TPSA) is 152 Å². The van der Waals surface area contributed by atoms with Crippen LogP contribution in [0.5, 0.6) is 5.75 Å². The van der Waals surface area contributed by atoms with Gasteiger partial charge in [-0.15, -0.1) is 0 Å². The lowest BCUT2D eigenvalue weighted by atomic mass is 10.1. The van der Waals surface area contributed by atoms with Crippen molar-refractivity contribution in [3.05, 3.63) is 75.6 Å². The van der Waals surface area contributed by atoms with Gasteiger partial charge in [-0.25, -0.2) is 0 Å².